The van der Waals surface area contributed by atoms with E-state index in [9.17, 15) is 14.4 Å². The van der Waals surface area contributed by atoms with E-state index in [-0.39, 0.29) is 61.9 Å². The number of carbonyl (C=O) groups excluding carboxylic acids is 3. The number of hydrogen-bond donors (Lipinski definition) is 0. The average molecular weight is 511 g/mol. The molecule has 37 heavy (non-hydrogen) atoms. The highest BCUT2D eigenvalue weighted by Gasteiger charge is 2.34. The molecule has 0 fully saturated rings. The van der Waals surface area contributed by atoms with E-state index >= 15 is 0 Å². The maximum atomic E-state index is 13.5. The van der Waals surface area contributed by atoms with Crippen molar-refractivity contribution in [1.82, 2.24) is 9.80 Å². The molecule has 0 aromatic carbocycles. The van der Waals surface area contributed by atoms with Gasteiger partial charge in [0.05, 0.1) is 24.8 Å². The largest absolute Gasteiger partial charge is 0.491 e. The molecule has 0 radical (unpaired) electrons. The number of aliphatic imine (C=N–C) groups is 2. The van der Waals surface area contributed by atoms with Crippen molar-refractivity contribution in [1.29, 1.82) is 0 Å². The van der Waals surface area contributed by atoms with E-state index in [1.54, 1.807) is 56.4 Å². The highest BCUT2D eigenvalue weighted by atomic mass is 16.5. The van der Waals surface area contributed by atoms with Gasteiger partial charge in [-0.3, -0.25) is 24.3 Å². The standard InChI is InChI=1S/C28H38N4O5/c1-7-22(12-11-17-36-6)32-25(30-19-29-15-10-9-13-26(32)34)14-16-31-18-23(33)21(5)27(28(31)35)24(8-2)37-20(3)4/h7-12,15,20H,13-14,16-19H2,1-6H3/b10-9-,12-11-,22-7+,24-8+,29-15-,30-25-. The van der Waals surface area contributed by atoms with Gasteiger partial charge in [0.1, 0.15) is 18.3 Å². The molecule has 2 aliphatic rings. The molecule has 0 aromatic rings. The zero-order valence-electron chi connectivity index (χ0n) is 22.7. The lowest BCUT2D eigenvalue weighted by molar-refractivity contribution is -0.133. The van der Waals surface area contributed by atoms with E-state index in [0.717, 1.165) is 0 Å². The molecule has 0 saturated heterocycles. The van der Waals surface area contributed by atoms with Crippen molar-refractivity contribution in [2.75, 3.05) is 33.5 Å². The molecule has 0 N–H and O–H groups in total. The Kier molecular flexibility index (Phi) is 11.9. The predicted octanol–water partition coefficient (Wildman–Crippen LogP) is 3.75. The zero-order valence-corrected chi connectivity index (χ0v) is 22.7. The van der Waals surface area contributed by atoms with Gasteiger partial charge in [0.25, 0.3) is 5.91 Å². The van der Waals surface area contributed by atoms with Crippen LogP contribution in [0.1, 0.15) is 47.5 Å². The molecule has 0 bridgehead atoms. The summed E-state index contributed by atoms with van der Waals surface area (Å²) in [5, 5.41) is 0. The lowest BCUT2D eigenvalue weighted by Crippen LogP contribution is -2.45. The monoisotopic (exact) mass is 510 g/mol. The van der Waals surface area contributed by atoms with E-state index in [4.69, 9.17) is 9.47 Å². The average Bonchev–Trinajstić information content (AvgIpc) is 2.87. The van der Waals surface area contributed by atoms with Gasteiger partial charge in [-0.2, -0.15) is 0 Å². The van der Waals surface area contributed by atoms with Crippen molar-refractivity contribution in [3.05, 3.63) is 59.1 Å². The predicted molar refractivity (Wildman–Crippen MR) is 145 cm³/mol. The first-order valence-corrected chi connectivity index (χ1v) is 12.4. The van der Waals surface area contributed by atoms with Gasteiger partial charge < -0.3 is 14.4 Å². The van der Waals surface area contributed by atoms with Crippen LogP contribution in [0.15, 0.2) is 69.0 Å². The Morgan fingerprint density at radius 1 is 1.19 bits per heavy atom. The van der Waals surface area contributed by atoms with Crippen LogP contribution in [-0.4, -0.2) is 79.0 Å². The summed E-state index contributed by atoms with van der Waals surface area (Å²) < 4.78 is 10.9. The summed E-state index contributed by atoms with van der Waals surface area (Å²) in [5.41, 5.74) is 1.31. The maximum absolute atomic E-state index is 13.5. The number of ketones is 1. The van der Waals surface area contributed by atoms with E-state index in [2.05, 4.69) is 9.98 Å². The number of allylic oxidation sites excluding steroid dienone is 4. The second-order valence-corrected chi connectivity index (χ2v) is 8.70. The van der Waals surface area contributed by atoms with Crippen LogP contribution in [0.5, 0.6) is 0 Å². The third kappa shape index (κ3) is 8.21. The summed E-state index contributed by atoms with van der Waals surface area (Å²) in [7, 11) is 1.59. The summed E-state index contributed by atoms with van der Waals surface area (Å²) in [6, 6.07) is 0. The summed E-state index contributed by atoms with van der Waals surface area (Å²) >= 11 is 0. The number of carbonyl (C=O) groups is 3. The molecule has 200 valence electrons. The quantitative estimate of drug-likeness (QED) is 0.329. The molecule has 2 heterocycles. The Bertz CT molecular complexity index is 1080. The van der Waals surface area contributed by atoms with Crippen LogP contribution in [0, 0.1) is 0 Å². The van der Waals surface area contributed by atoms with Crippen LogP contribution in [0.25, 0.3) is 0 Å². The second-order valence-electron chi connectivity index (χ2n) is 8.70. The molecule has 2 amide bonds. The molecular formula is C28H38N4O5. The molecule has 0 saturated carbocycles. The van der Waals surface area contributed by atoms with Crippen LogP contribution in [-0.2, 0) is 23.9 Å². The molecule has 0 atom stereocenters. The highest BCUT2D eigenvalue weighted by Crippen LogP contribution is 2.26. The highest BCUT2D eigenvalue weighted by molar-refractivity contribution is 6.13. The van der Waals surface area contributed by atoms with Crippen molar-refractivity contribution in [3.8, 4) is 0 Å². The van der Waals surface area contributed by atoms with Crippen LogP contribution >= 0.6 is 0 Å². The summed E-state index contributed by atoms with van der Waals surface area (Å²) in [5.74, 6) is 0.263. The number of ether oxygens (including phenoxy) is 2. The van der Waals surface area contributed by atoms with E-state index < -0.39 is 0 Å². The Morgan fingerprint density at radius 2 is 1.95 bits per heavy atom. The van der Waals surface area contributed by atoms with Gasteiger partial charge in [-0.15, -0.1) is 0 Å². The smallest absolute Gasteiger partial charge is 0.258 e. The van der Waals surface area contributed by atoms with E-state index in [1.165, 1.54) is 4.90 Å². The summed E-state index contributed by atoms with van der Waals surface area (Å²) in [6.07, 6.45) is 12.5. The Labute approximate surface area is 219 Å². The Morgan fingerprint density at radius 3 is 2.59 bits per heavy atom. The fraction of sp³-hybridized carbons (Fsp3) is 0.464. The van der Waals surface area contributed by atoms with Crippen LogP contribution in [0.2, 0.25) is 0 Å². The number of Topliss-reactive ketones (excluding diaryl/α,β-unsaturated/α-hetero) is 1. The zero-order chi connectivity index (χ0) is 27.4. The minimum atomic E-state index is -0.281. The molecule has 0 unspecified atom stereocenters. The number of methoxy groups -OCH3 is 1. The van der Waals surface area contributed by atoms with E-state index in [1.807, 2.05) is 32.9 Å². The summed E-state index contributed by atoms with van der Waals surface area (Å²) in [6.45, 7) is 9.68. The maximum Gasteiger partial charge on any atom is 0.258 e. The fourth-order valence-electron chi connectivity index (χ4n) is 3.87. The number of hydrogen-bond acceptors (Lipinski definition) is 7. The number of amidine groups is 1. The lowest BCUT2D eigenvalue weighted by atomic mass is 9.97. The van der Waals surface area contributed by atoms with Gasteiger partial charge in [-0.1, -0.05) is 18.2 Å². The lowest BCUT2D eigenvalue weighted by Gasteiger charge is -2.31. The molecule has 9 heteroatoms. The van der Waals surface area contributed by atoms with Crippen LogP contribution in [0.4, 0.5) is 0 Å². The SMILES string of the molecule is C/C=C(/OC(C)C)C1=C(C)C(=O)CN(CC/C2=N/C/N=C\C=C/CC(=O)N2C(/C=C\COC)=C/C)C1=O. The molecule has 0 spiro atoms. The van der Waals surface area contributed by atoms with Crippen molar-refractivity contribution in [3.63, 3.8) is 0 Å². The third-order valence-corrected chi connectivity index (χ3v) is 5.67. The van der Waals surface area contributed by atoms with Crippen molar-refractivity contribution < 1.29 is 23.9 Å². The van der Waals surface area contributed by atoms with E-state index in [0.29, 0.717) is 29.5 Å². The third-order valence-electron chi connectivity index (χ3n) is 5.67. The molecule has 2 aliphatic heterocycles. The van der Waals surface area contributed by atoms with Crippen LogP contribution in [0.3, 0.4) is 0 Å². The number of amides is 2. The molecular weight excluding hydrogens is 472 g/mol. The van der Waals surface area contributed by atoms with Gasteiger partial charge in [0.2, 0.25) is 5.91 Å². The molecule has 0 aliphatic carbocycles. The Balaban J connectivity index is 2.38. The second kappa shape index (κ2) is 14.8. The van der Waals surface area contributed by atoms with Gasteiger partial charge in [-0.25, -0.2) is 4.99 Å². The minimum absolute atomic E-state index is 0.0425. The normalized spacial score (nSPS) is 21.6. The first kappa shape index (κ1) is 29.6. The van der Waals surface area contributed by atoms with Gasteiger partial charge in [-0.05, 0) is 52.8 Å². The van der Waals surface area contributed by atoms with Gasteiger partial charge >= 0.3 is 0 Å². The first-order chi connectivity index (χ1) is 17.7. The molecule has 2 rings (SSSR count). The first-order valence-electron chi connectivity index (χ1n) is 12.4. The number of rotatable bonds is 10. The van der Waals surface area contributed by atoms with Gasteiger partial charge in [0, 0.05) is 44.0 Å². The molecule has 9 nitrogen and oxygen atoms in total. The minimum Gasteiger partial charge on any atom is -0.491 e. The van der Waals surface area contributed by atoms with Crippen molar-refractivity contribution in [2.45, 2.75) is 53.6 Å². The number of nitrogens with zero attached hydrogens (tertiary/aromatic N) is 4. The summed E-state index contributed by atoms with van der Waals surface area (Å²) in [4.78, 5) is 51.4. The van der Waals surface area contributed by atoms with Crippen molar-refractivity contribution >= 4 is 29.6 Å². The Hall–Kier alpha value is -3.59. The topological polar surface area (TPSA) is 101 Å². The van der Waals surface area contributed by atoms with Crippen molar-refractivity contribution in [2.24, 2.45) is 9.98 Å². The fourth-order valence-corrected chi connectivity index (χ4v) is 3.87. The molecule has 0 aromatic heterocycles. The van der Waals surface area contributed by atoms with Gasteiger partial charge in [0.15, 0.2) is 5.78 Å². The van der Waals surface area contributed by atoms with Crippen LogP contribution < -0.4 is 0 Å².